The number of nitrogens with one attached hydrogen (secondary N) is 2. The van der Waals surface area contributed by atoms with Gasteiger partial charge in [0.05, 0.1) is 5.56 Å². The minimum atomic E-state index is -0.625. The van der Waals surface area contributed by atoms with E-state index in [1.807, 2.05) is 0 Å². The SMILES string of the molecule is C=CC(=O)NCCNC(=O)c1cc[c]cc1F. The van der Waals surface area contributed by atoms with Gasteiger partial charge in [-0.2, -0.15) is 0 Å². The topological polar surface area (TPSA) is 58.2 Å². The van der Waals surface area contributed by atoms with Crippen molar-refractivity contribution in [1.82, 2.24) is 10.6 Å². The normalized spacial score (nSPS) is 9.47. The molecule has 1 rings (SSSR count). The maximum absolute atomic E-state index is 13.2. The molecule has 2 amide bonds. The van der Waals surface area contributed by atoms with Gasteiger partial charge in [-0.05, 0) is 24.3 Å². The number of benzene rings is 1. The molecule has 4 nitrogen and oxygen atoms in total. The van der Waals surface area contributed by atoms with Crippen LogP contribution in [0.25, 0.3) is 0 Å². The van der Waals surface area contributed by atoms with Gasteiger partial charge in [-0.15, -0.1) is 0 Å². The smallest absolute Gasteiger partial charge is 0.254 e. The van der Waals surface area contributed by atoms with Gasteiger partial charge < -0.3 is 10.6 Å². The third kappa shape index (κ3) is 4.06. The van der Waals surface area contributed by atoms with Gasteiger partial charge in [0.1, 0.15) is 5.82 Å². The zero-order valence-corrected chi connectivity index (χ0v) is 9.13. The Kier molecular flexibility index (Phi) is 4.87. The lowest BCUT2D eigenvalue weighted by atomic mass is 10.2. The number of hydrogen-bond donors (Lipinski definition) is 2. The molecule has 0 unspecified atom stereocenters. The van der Waals surface area contributed by atoms with Crippen LogP contribution < -0.4 is 10.6 Å². The first-order valence-electron chi connectivity index (χ1n) is 4.99. The first-order valence-corrected chi connectivity index (χ1v) is 4.99. The molecule has 0 saturated carbocycles. The molecule has 1 aromatic carbocycles. The molecule has 2 N–H and O–H groups in total. The van der Waals surface area contributed by atoms with Gasteiger partial charge in [0.15, 0.2) is 0 Å². The van der Waals surface area contributed by atoms with Crippen LogP contribution in [0.4, 0.5) is 4.39 Å². The number of rotatable bonds is 5. The second kappa shape index (κ2) is 6.42. The van der Waals surface area contributed by atoms with Crippen LogP contribution in [-0.2, 0) is 4.79 Å². The lowest BCUT2D eigenvalue weighted by Crippen LogP contribution is -2.34. The average Bonchev–Trinajstić information content (AvgIpc) is 2.34. The van der Waals surface area contributed by atoms with E-state index in [0.29, 0.717) is 0 Å². The molecule has 1 aromatic rings. The Morgan fingerprint density at radius 2 is 2.12 bits per heavy atom. The van der Waals surface area contributed by atoms with Crippen molar-refractivity contribution in [2.75, 3.05) is 13.1 Å². The quantitative estimate of drug-likeness (QED) is 0.581. The Morgan fingerprint density at radius 3 is 2.76 bits per heavy atom. The summed E-state index contributed by atoms with van der Waals surface area (Å²) in [5, 5.41) is 4.96. The molecule has 0 spiro atoms. The summed E-state index contributed by atoms with van der Waals surface area (Å²) >= 11 is 0. The van der Waals surface area contributed by atoms with E-state index >= 15 is 0 Å². The third-order valence-electron chi connectivity index (χ3n) is 1.95. The standard InChI is InChI=1S/C12H12FN2O2/c1-2-11(16)14-7-8-15-12(17)9-5-3-4-6-10(9)13/h2-3,5-6H,1,7-8H2,(H,14,16)(H,15,17). The van der Waals surface area contributed by atoms with Crippen LogP contribution in [0.15, 0.2) is 30.9 Å². The maximum Gasteiger partial charge on any atom is 0.254 e. The zero-order chi connectivity index (χ0) is 12.7. The molecule has 89 valence electrons. The van der Waals surface area contributed by atoms with E-state index in [1.165, 1.54) is 12.1 Å². The number of amides is 2. The van der Waals surface area contributed by atoms with Gasteiger partial charge in [0, 0.05) is 13.1 Å². The summed E-state index contributed by atoms with van der Waals surface area (Å²) in [5.41, 5.74) is -0.0428. The molecule has 1 radical (unpaired) electrons. The first-order chi connectivity index (χ1) is 8.15. The van der Waals surface area contributed by atoms with Crippen molar-refractivity contribution < 1.29 is 14.0 Å². The first kappa shape index (κ1) is 12.9. The maximum atomic E-state index is 13.2. The summed E-state index contributed by atoms with van der Waals surface area (Å²) in [7, 11) is 0. The van der Waals surface area contributed by atoms with E-state index in [1.54, 1.807) is 0 Å². The van der Waals surface area contributed by atoms with Crippen molar-refractivity contribution in [2.24, 2.45) is 0 Å². The summed E-state index contributed by atoms with van der Waals surface area (Å²) < 4.78 is 13.2. The predicted molar refractivity (Wildman–Crippen MR) is 60.8 cm³/mol. The van der Waals surface area contributed by atoms with Gasteiger partial charge >= 0.3 is 0 Å². The number of carbonyl (C=O) groups excluding carboxylic acids is 2. The fourth-order valence-corrected chi connectivity index (χ4v) is 1.12. The van der Waals surface area contributed by atoms with Gasteiger partial charge in [0.2, 0.25) is 5.91 Å². The lowest BCUT2D eigenvalue weighted by molar-refractivity contribution is -0.116. The van der Waals surface area contributed by atoms with Crippen LogP contribution in [0.2, 0.25) is 0 Å². The van der Waals surface area contributed by atoms with E-state index < -0.39 is 11.7 Å². The highest BCUT2D eigenvalue weighted by Gasteiger charge is 2.09. The van der Waals surface area contributed by atoms with Gasteiger partial charge in [-0.1, -0.05) is 12.6 Å². The van der Waals surface area contributed by atoms with E-state index in [4.69, 9.17) is 0 Å². The molecule has 0 saturated heterocycles. The Hall–Kier alpha value is -2.17. The van der Waals surface area contributed by atoms with E-state index in [-0.39, 0.29) is 24.6 Å². The fraction of sp³-hybridized carbons (Fsp3) is 0.167. The minimum absolute atomic E-state index is 0.0428. The van der Waals surface area contributed by atoms with Crippen LogP contribution in [0.1, 0.15) is 10.4 Å². The predicted octanol–water partition coefficient (Wildman–Crippen LogP) is 0.658. The van der Waals surface area contributed by atoms with Crippen LogP contribution in [0, 0.1) is 11.9 Å². The van der Waals surface area contributed by atoms with Crippen molar-refractivity contribution >= 4 is 11.8 Å². The molecule has 0 heterocycles. The minimum Gasteiger partial charge on any atom is -0.351 e. The molecular formula is C12H12FN2O2. The molecular weight excluding hydrogens is 223 g/mol. The van der Waals surface area contributed by atoms with Crippen LogP contribution in [0.3, 0.4) is 0 Å². The highest BCUT2D eigenvalue weighted by molar-refractivity contribution is 5.94. The van der Waals surface area contributed by atoms with Crippen molar-refractivity contribution in [3.63, 3.8) is 0 Å². The molecule has 5 heteroatoms. The molecule has 0 aromatic heterocycles. The Labute approximate surface area is 98.5 Å². The molecule has 0 fully saturated rings. The van der Waals surface area contributed by atoms with Crippen molar-refractivity contribution in [3.05, 3.63) is 48.3 Å². The molecule has 17 heavy (non-hydrogen) atoms. The Bertz CT molecular complexity index is 432. The highest BCUT2D eigenvalue weighted by Crippen LogP contribution is 2.04. The lowest BCUT2D eigenvalue weighted by Gasteiger charge is -2.06. The van der Waals surface area contributed by atoms with Crippen molar-refractivity contribution in [3.8, 4) is 0 Å². The van der Waals surface area contributed by atoms with Crippen molar-refractivity contribution in [1.29, 1.82) is 0 Å². The molecule has 0 aliphatic rings. The summed E-state index contributed by atoms with van der Waals surface area (Å²) in [4.78, 5) is 22.3. The summed E-state index contributed by atoms with van der Waals surface area (Å²) in [6, 6.07) is 6.41. The Balaban J connectivity index is 2.38. The summed E-state index contributed by atoms with van der Waals surface area (Å²) in [6.45, 7) is 3.76. The average molecular weight is 235 g/mol. The summed E-state index contributed by atoms with van der Waals surface area (Å²) in [6.07, 6.45) is 1.13. The van der Waals surface area contributed by atoms with Crippen LogP contribution in [0.5, 0.6) is 0 Å². The monoisotopic (exact) mass is 235 g/mol. The second-order valence-corrected chi connectivity index (χ2v) is 3.16. The third-order valence-corrected chi connectivity index (χ3v) is 1.95. The molecule has 0 atom stereocenters. The van der Waals surface area contributed by atoms with E-state index in [9.17, 15) is 14.0 Å². The Morgan fingerprint density at radius 1 is 1.41 bits per heavy atom. The number of halogens is 1. The highest BCUT2D eigenvalue weighted by atomic mass is 19.1. The molecule has 0 aliphatic heterocycles. The van der Waals surface area contributed by atoms with Gasteiger partial charge in [0.25, 0.3) is 5.91 Å². The van der Waals surface area contributed by atoms with E-state index in [2.05, 4.69) is 23.3 Å². The molecule has 0 bridgehead atoms. The largest absolute Gasteiger partial charge is 0.351 e. The van der Waals surface area contributed by atoms with Crippen molar-refractivity contribution in [2.45, 2.75) is 0 Å². The second-order valence-electron chi connectivity index (χ2n) is 3.16. The zero-order valence-electron chi connectivity index (χ0n) is 9.13. The summed E-state index contributed by atoms with van der Waals surface area (Å²) in [5.74, 6) is -1.47. The van der Waals surface area contributed by atoms with Crippen LogP contribution in [-0.4, -0.2) is 24.9 Å². The van der Waals surface area contributed by atoms with Gasteiger partial charge in [-0.25, -0.2) is 4.39 Å². The van der Waals surface area contributed by atoms with Gasteiger partial charge in [-0.3, -0.25) is 9.59 Å². The van der Waals surface area contributed by atoms with Crippen LogP contribution >= 0.6 is 0 Å². The molecule has 0 aliphatic carbocycles. The fourth-order valence-electron chi connectivity index (χ4n) is 1.12. The number of carbonyl (C=O) groups is 2. The number of hydrogen-bond acceptors (Lipinski definition) is 2. The van der Waals surface area contributed by atoms with E-state index in [0.717, 1.165) is 12.1 Å².